The number of carbonyl (C=O) groups is 1. The van der Waals surface area contributed by atoms with Crippen LogP contribution in [-0.4, -0.2) is 88.2 Å². The van der Waals surface area contributed by atoms with Gasteiger partial charge in [0, 0.05) is 56.3 Å². The third kappa shape index (κ3) is 4.92. The number of rotatable bonds is 7. The summed E-state index contributed by atoms with van der Waals surface area (Å²) < 4.78 is 52.2. The lowest BCUT2D eigenvalue weighted by atomic mass is 9.95. The topological polar surface area (TPSA) is 74.7 Å². The minimum atomic E-state index is -0.934. The first-order valence-corrected chi connectivity index (χ1v) is 15.4. The van der Waals surface area contributed by atoms with Gasteiger partial charge in [-0.15, -0.1) is 6.42 Å². The average Bonchev–Trinajstić information content (AvgIpc) is 3.78. The SMILES string of the molecule is C#Cc1c(F)ccc2cccc(-c3ncc4c(N(C)[C@@H]5CCN(C(=O)C=C)C5)nc(OC[C@]56CCCN5C[C@H](F)C6)nc4c3F)c12. The maximum absolute atomic E-state index is 16.7. The van der Waals surface area contributed by atoms with Crippen molar-refractivity contribution in [2.45, 2.75) is 43.4 Å². The number of ether oxygens (including phenoxy) is 1. The van der Waals surface area contributed by atoms with Gasteiger partial charge in [0.1, 0.15) is 35.6 Å². The zero-order valence-corrected chi connectivity index (χ0v) is 25.5. The molecule has 0 N–H and O–H groups in total. The van der Waals surface area contributed by atoms with Crippen LogP contribution in [-0.2, 0) is 4.79 Å². The van der Waals surface area contributed by atoms with E-state index < -0.39 is 23.3 Å². The minimum Gasteiger partial charge on any atom is -0.461 e. The number of hydrogen-bond acceptors (Lipinski definition) is 7. The van der Waals surface area contributed by atoms with Crippen molar-refractivity contribution in [1.29, 1.82) is 0 Å². The molecule has 236 valence electrons. The van der Waals surface area contributed by atoms with Crippen LogP contribution in [0.15, 0.2) is 49.2 Å². The van der Waals surface area contributed by atoms with Crippen molar-refractivity contribution in [2.75, 3.05) is 44.7 Å². The molecular formula is C35H33F3N6O2. The van der Waals surface area contributed by atoms with E-state index in [1.807, 2.05) is 11.9 Å². The number of anilines is 1. The zero-order valence-electron chi connectivity index (χ0n) is 25.5. The third-order valence-electron chi connectivity index (χ3n) is 9.80. The summed E-state index contributed by atoms with van der Waals surface area (Å²) in [6.07, 6.45) is 10.3. The molecule has 0 unspecified atom stereocenters. The van der Waals surface area contributed by atoms with Gasteiger partial charge in [-0.2, -0.15) is 9.97 Å². The van der Waals surface area contributed by atoms with Gasteiger partial charge in [0.25, 0.3) is 0 Å². The molecule has 3 aliphatic heterocycles. The highest BCUT2D eigenvalue weighted by molar-refractivity contribution is 6.02. The molecule has 0 radical (unpaired) electrons. The van der Waals surface area contributed by atoms with Crippen molar-refractivity contribution in [3.63, 3.8) is 0 Å². The molecule has 2 aromatic carbocycles. The Balaban J connectivity index is 1.34. The Bertz CT molecular complexity index is 1930. The largest absolute Gasteiger partial charge is 0.461 e. The van der Waals surface area contributed by atoms with Gasteiger partial charge in [0.05, 0.1) is 16.5 Å². The summed E-state index contributed by atoms with van der Waals surface area (Å²) in [5, 5.41) is 1.36. The van der Waals surface area contributed by atoms with Gasteiger partial charge in [0.2, 0.25) is 5.91 Å². The second-order valence-corrected chi connectivity index (χ2v) is 12.4. The van der Waals surface area contributed by atoms with E-state index in [9.17, 15) is 13.6 Å². The van der Waals surface area contributed by atoms with Crippen molar-refractivity contribution in [2.24, 2.45) is 0 Å². The van der Waals surface area contributed by atoms with Crippen molar-refractivity contribution in [3.8, 4) is 29.6 Å². The highest BCUT2D eigenvalue weighted by Crippen LogP contribution is 2.41. The van der Waals surface area contributed by atoms with Gasteiger partial charge in [-0.05, 0) is 43.3 Å². The molecule has 4 aromatic rings. The second-order valence-electron chi connectivity index (χ2n) is 12.4. The molecular weight excluding hydrogens is 593 g/mol. The predicted octanol–water partition coefficient (Wildman–Crippen LogP) is 5.28. The molecule has 0 saturated carbocycles. The Labute approximate surface area is 264 Å². The van der Waals surface area contributed by atoms with Crippen molar-refractivity contribution >= 4 is 33.4 Å². The fourth-order valence-electron chi connectivity index (χ4n) is 7.44. The Kier molecular flexibility index (Phi) is 7.56. The number of pyridine rings is 1. The van der Waals surface area contributed by atoms with Crippen LogP contribution in [0.25, 0.3) is 32.9 Å². The molecule has 3 saturated heterocycles. The number of benzene rings is 2. The van der Waals surface area contributed by atoms with Crippen LogP contribution >= 0.6 is 0 Å². The van der Waals surface area contributed by atoms with E-state index in [1.54, 1.807) is 29.2 Å². The van der Waals surface area contributed by atoms with Gasteiger partial charge >= 0.3 is 6.01 Å². The summed E-state index contributed by atoms with van der Waals surface area (Å²) in [4.78, 5) is 31.8. The zero-order chi connectivity index (χ0) is 32.2. The average molecular weight is 627 g/mol. The summed E-state index contributed by atoms with van der Waals surface area (Å²) in [6.45, 7) is 5.90. The molecule has 3 fully saturated rings. The van der Waals surface area contributed by atoms with E-state index in [1.165, 1.54) is 18.3 Å². The third-order valence-corrected chi connectivity index (χ3v) is 9.80. The number of aromatic nitrogens is 3. The van der Waals surface area contributed by atoms with E-state index in [0.717, 1.165) is 19.4 Å². The Hall–Kier alpha value is -4.69. The smallest absolute Gasteiger partial charge is 0.319 e. The van der Waals surface area contributed by atoms with E-state index in [-0.39, 0.29) is 41.3 Å². The van der Waals surface area contributed by atoms with Crippen molar-refractivity contribution in [1.82, 2.24) is 24.8 Å². The van der Waals surface area contributed by atoms with Crippen LogP contribution in [0, 0.1) is 24.0 Å². The molecule has 7 rings (SSSR count). The van der Waals surface area contributed by atoms with Crippen LogP contribution in [0.1, 0.15) is 31.2 Å². The van der Waals surface area contributed by atoms with Crippen molar-refractivity contribution < 1.29 is 22.7 Å². The molecule has 0 bridgehead atoms. The van der Waals surface area contributed by atoms with Crippen LogP contribution in [0.5, 0.6) is 6.01 Å². The van der Waals surface area contributed by atoms with E-state index >= 15 is 4.39 Å². The molecule has 2 aromatic heterocycles. The van der Waals surface area contributed by atoms with E-state index in [2.05, 4.69) is 27.4 Å². The van der Waals surface area contributed by atoms with E-state index in [0.29, 0.717) is 60.0 Å². The number of alkyl halides is 1. The van der Waals surface area contributed by atoms with Crippen LogP contribution in [0.4, 0.5) is 19.0 Å². The van der Waals surface area contributed by atoms with Crippen molar-refractivity contribution in [3.05, 3.63) is 66.4 Å². The number of amides is 1. The number of terminal acetylenes is 1. The van der Waals surface area contributed by atoms with Gasteiger partial charge in [-0.25, -0.2) is 13.2 Å². The first-order valence-electron chi connectivity index (χ1n) is 15.4. The molecule has 3 atom stereocenters. The minimum absolute atomic E-state index is 0.0180. The number of likely N-dealkylation sites (tertiary alicyclic amines) is 1. The van der Waals surface area contributed by atoms with Gasteiger partial charge in [-0.1, -0.05) is 36.8 Å². The molecule has 8 nitrogen and oxygen atoms in total. The summed E-state index contributed by atoms with van der Waals surface area (Å²) in [5.41, 5.74) is -0.181. The monoisotopic (exact) mass is 626 g/mol. The fraction of sp³-hybridized carbons (Fsp3) is 0.371. The first kappa shape index (κ1) is 30.0. The standard InChI is InChI=1S/C35H33F3N6O2/c1-4-24-27(37)11-10-21-8-6-9-25(29(21)24)31-30(38)32-26(17-39-31)33(42(3)23-12-15-43(19-23)28(45)5-2)41-34(40-32)46-20-35-13-7-14-44(35)18-22(36)16-35/h1,5-6,8-11,17,22-23H,2,7,12-16,18-20H2,3H3/t22-,23-,35-/m1/s1. The summed E-state index contributed by atoms with van der Waals surface area (Å²) in [5.74, 6) is 1.31. The van der Waals surface area contributed by atoms with Gasteiger partial charge < -0.3 is 14.5 Å². The van der Waals surface area contributed by atoms with Gasteiger partial charge in [-0.3, -0.25) is 14.7 Å². The molecule has 11 heteroatoms. The summed E-state index contributed by atoms with van der Waals surface area (Å²) >= 11 is 0. The van der Waals surface area contributed by atoms with E-state index in [4.69, 9.17) is 16.1 Å². The normalized spacial score (nSPS) is 22.7. The molecule has 0 aliphatic carbocycles. The predicted molar refractivity (Wildman–Crippen MR) is 170 cm³/mol. The number of fused-ring (bicyclic) bond motifs is 3. The molecule has 3 aliphatic rings. The maximum atomic E-state index is 16.7. The molecule has 5 heterocycles. The first-order chi connectivity index (χ1) is 22.2. The van der Waals surface area contributed by atoms with Gasteiger partial charge in [0.15, 0.2) is 5.82 Å². The highest BCUT2D eigenvalue weighted by Gasteiger charge is 2.49. The lowest BCUT2D eigenvalue weighted by molar-refractivity contribution is -0.125. The summed E-state index contributed by atoms with van der Waals surface area (Å²) in [6, 6.07) is 7.87. The molecule has 0 spiro atoms. The van der Waals surface area contributed by atoms with Crippen LogP contribution in [0.2, 0.25) is 0 Å². The Morgan fingerprint density at radius 3 is 2.89 bits per heavy atom. The quantitative estimate of drug-likeness (QED) is 0.204. The summed E-state index contributed by atoms with van der Waals surface area (Å²) in [7, 11) is 1.83. The second kappa shape index (κ2) is 11.6. The number of carbonyl (C=O) groups excluding carboxylic acids is 1. The highest BCUT2D eigenvalue weighted by atomic mass is 19.1. The molecule has 46 heavy (non-hydrogen) atoms. The fourth-order valence-corrected chi connectivity index (χ4v) is 7.44. The Morgan fingerprint density at radius 1 is 1.24 bits per heavy atom. The Morgan fingerprint density at radius 2 is 2.09 bits per heavy atom. The maximum Gasteiger partial charge on any atom is 0.319 e. The number of nitrogens with zero attached hydrogens (tertiary/aromatic N) is 6. The lowest BCUT2D eigenvalue weighted by Crippen LogP contribution is -2.43. The molecule has 1 amide bonds. The number of halogens is 3. The lowest BCUT2D eigenvalue weighted by Gasteiger charge is -2.31. The van der Waals surface area contributed by atoms with Crippen LogP contribution in [0.3, 0.4) is 0 Å². The van der Waals surface area contributed by atoms with Crippen LogP contribution < -0.4 is 9.64 Å². The number of likely N-dealkylation sites (N-methyl/N-ethyl adjacent to an activating group) is 1. The number of hydrogen-bond donors (Lipinski definition) is 0.